The van der Waals surface area contributed by atoms with Crippen LogP contribution in [0, 0.1) is 0 Å². The fourth-order valence-electron chi connectivity index (χ4n) is 2.50. The molecule has 1 aromatic rings. The highest BCUT2D eigenvalue weighted by Gasteiger charge is 2.33. The molecular formula is C13H17N3OS. The molecule has 2 atom stereocenters. The molecule has 0 spiro atoms. The topological polar surface area (TPSA) is 45.2 Å². The lowest BCUT2D eigenvalue weighted by molar-refractivity contribution is -0.131. The summed E-state index contributed by atoms with van der Waals surface area (Å²) in [6.07, 6.45) is 5.94. The Balaban J connectivity index is 1.63. The number of thioether (sulfide) groups is 1. The summed E-state index contributed by atoms with van der Waals surface area (Å²) in [6.45, 7) is 1.86. The second-order valence-corrected chi connectivity index (χ2v) is 5.89. The van der Waals surface area contributed by atoms with Crippen molar-refractivity contribution in [3.8, 4) is 0 Å². The third-order valence-corrected chi connectivity index (χ3v) is 4.75. The Bertz CT molecular complexity index is 420. The van der Waals surface area contributed by atoms with E-state index < -0.39 is 0 Å². The van der Waals surface area contributed by atoms with Crippen molar-refractivity contribution in [3.05, 3.63) is 30.1 Å². The monoisotopic (exact) mass is 263 g/mol. The van der Waals surface area contributed by atoms with Gasteiger partial charge in [0.1, 0.15) is 0 Å². The fourth-order valence-corrected chi connectivity index (χ4v) is 3.71. The van der Waals surface area contributed by atoms with Gasteiger partial charge < -0.3 is 4.90 Å². The van der Waals surface area contributed by atoms with Gasteiger partial charge >= 0.3 is 0 Å². The highest BCUT2D eigenvalue weighted by atomic mass is 32.2. The number of hydrogen-bond donors (Lipinski definition) is 1. The molecule has 1 N–H and O–H groups in total. The molecule has 2 saturated heterocycles. The third kappa shape index (κ3) is 2.37. The zero-order valence-electron chi connectivity index (χ0n) is 10.2. The summed E-state index contributed by atoms with van der Waals surface area (Å²) in [7, 11) is 0. The lowest BCUT2D eigenvalue weighted by Gasteiger charge is -2.20. The highest BCUT2D eigenvalue weighted by Crippen LogP contribution is 2.32. The minimum absolute atomic E-state index is 0.0293. The Hall–Kier alpha value is -1.07. The minimum Gasteiger partial charge on any atom is -0.341 e. The Labute approximate surface area is 111 Å². The molecule has 3 heterocycles. The van der Waals surface area contributed by atoms with Crippen LogP contribution in [0.2, 0.25) is 0 Å². The van der Waals surface area contributed by atoms with Crippen molar-refractivity contribution in [1.29, 1.82) is 0 Å². The Kier molecular flexibility index (Phi) is 3.52. The number of rotatable bonds is 2. The maximum absolute atomic E-state index is 12.3. The van der Waals surface area contributed by atoms with Gasteiger partial charge in [-0.25, -0.2) is 0 Å². The van der Waals surface area contributed by atoms with Crippen LogP contribution in [0.25, 0.3) is 0 Å². The van der Waals surface area contributed by atoms with Crippen molar-refractivity contribution in [3.63, 3.8) is 0 Å². The summed E-state index contributed by atoms with van der Waals surface area (Å²) in [5.41, 5.74) is 1.15. The molecule has 2 aliphatic rings. The van der Waals surface area contributed by atoms with Crippen LogP contribution in [0.3, 0.4) is 0 Å². The molecule has 0 aromatic carbocycles. The van der Waals surface area contributed by atoms with Crippen molar-refractivity contribution in [2.24, 2.45) is 0 Å². The number of pyridine rings is 1. The maximum Gasteiger partial charge on any atom is 0.240 e. The zero-order valence-corrected chi connectivity index (χ0v) is 11.0. The standard InChI is InChI=1S/C13H17N3OS/c17-13(16-6-1-2-7-16)11-9-18-12(15-11)10-4-3-5-14-8-10/h3-5,8,11-12,15H,1-2,6-7,9H2. The van der Waals surface area contributed by atoms with E-state index in [1.165, 1.54) is 0 Å². The molecule has 1 aromatic heterocycles. The van der Waals surface area contributed by atoms with Crippen LogP contribution < -0.4 is 5.32 Å². The first-order chi connectivity index (χ1) is 8.84. The maximum atomic E-state index is 12.3. The van der Waals surface area contributed by atoms with Crippen LogP contribution in [-0.2, 0) is 4.79 Å². The van der Waals surface area contributed by atoms with Gasteiger partial charge in [-0.05, 0) is 24.5 Å². The summed E-state index contributed by atoms with van der Waals surface area (Å²) in [5, 5.41) is 3.62. The molecule has 1 amide bonds. The van der Waals surface area contributed by atoms with Crippen LogP contribution >= 0.6 is 11.8 Å². The van der Waals surface area contributed by atoms with Crippen LogP contribution in [0.1, 0.15) is 23.8 Å². The minimum atomic E-state index is -0.0293. The Morgan fingerprint density at radius 3 is 3.00 bits per heavy atom. The molecule has 0 aliphatic carbocycles. The average molecular weight is 263 g/mol. The SMILES string of the molecule is O=C(C1CSC(c2cccnc2)N1)N1CCCC1. The Morgan fingerprint density at radius 2 is 2.28 bits per heavy atom. The van der Waals surface area contributed by atoms with Gasteiger partial charge in [0.15, 0.2) is 0 Å². The first kappa shape index (κ1) is 12.0. The van der Waals surface area contributed by atoms with Gasteiger partial charge in [-0.2, -0.15) is 0 Å². The lowest BCUT2D eigenvalue weighted by Crippen LogP contribution is -2.44. The number of hydrogen-bond acceptors (Lipinski definition) is 4. The number of nitrogens with zero attached hydrogens (tertiary/aromatic N) is 2. The zero-order chi connectivity index (χ0) is 12.4. The quantitative estimate of drug-likeness (QED) is 0.876. The molecular weight excluding hydrogens is 246 g/mol. The van der Waals surface area contributed by atoms with E-state index in [1.807, 2.05) is 17.2 Å². The van der Waals surface area contributed by atoms with Crippen LogP contribution in [0.5, 0.6) is 0 Å². The molecule has 2 aliphatic heterocycles. The number of carbonyl (C=O) groups excluding carboxylic acids is 1. The second-order valence-electron chi connectivity index (χ2n) is 4.75. The molecule has 0 saturated carbocycles. The Morgan fingerprint density at radius 1 is 1.44 bits per heavy atom. The normalized spacial score (nSPS) is 27.7. The van der Waals surface area contributed by atoms with E-state index in [2.05, 4.69) is 16.4 Å². The van der Waals surface area contributed by atoms with E-state index >= 15 is 0 Å². The lowest BCUT2D eigenvalue weighted by atomic mass is 10.2. The molecule has 96 valence electrons. The molecule has 2 fully saturated rings. The number of aromatic nitrogens is 1. The van der Waals surface area contributed by atoms with Gasteiger partial charge in [0, 0.05) is 31.2 Å². The van der Waals surface area contributed by atoms with Crippen LogP contribution in [-0.4, -0.2) is 40.7 Å². The average Bonchev–Trinajstić information content (AvgIpc) is 3.10. The van der Waals surface area contributed by atoms with Gasteiger partial charge in [-0.1, -0.05) is 6.07 Å². The van der Waals surface area contributed by atoms with Crippen molar-refractivity contribution < 1.29 is 4.79 Å². The molecule has 18 heavy (non-hydrogen) atoms. The largest absolute Gasteiger partial charge is 0.341 e. The summed E-state index contributed by atoms with van der Waals surface area (Å²) in [4.78, 5) is 18.4. The van der Waals surface area contributed by atoms with Gasteiger partial charge in [0.2, 0.25) is 5.91 Å². The summed E-state index contributed by atoms with van der Waals surface area (Å²) in [5.74, 6) is 1.13. The first-order valence-electron chi connectivity index (χ1n) is 6.41. The van der Waals surface area contributed by atoms with Gasteiger partial charge in [-0.3, -0.25) is 15.1 Å². The summed E-state index contributed by atoms with van der Waals surface area (Å²) < 4.78 is 0. The second kappa shape index (κ2) is 5.28. The predicted molar refractivity (Wildman–Crippen MR) is 72.2 cm³/mol. The van der Waals surface area contributed by atoms with E-state index in [0.717, 1.165) is 37.2 Å². The number of amides is 1. The van der Waals surface area contributed by atoms with Gasteiger partial charge in [-0.15, -0.1) is 11.8 Å². The predicted octanol–water partition coefficient (Wildman–Crippen LogP) is 1.41. The molecule has 4 nitrogen and oxygen atoms in total. The third-order valence-electron chi connectivity index (χ3n) is 3.49. The summed E-state index contributed by atoms with van der Waals surface area (Å²) in [6, 6.07) is 3.96. The molecule has 5 heteroatoms. The van der Waals surface area contributed by atoms with E-state index in [0.29, 0.717) is 0 Å². The number of nitrogens with one attached hydrogen (secondary N) is 1. The van der Waals surface area contributed by atoms with Gasteiger partial charge in [0.25, 0.3) is 0 Å². The van der Waals surface area contributed by atoms with E-state index in [4.69, 9.17) is 0 Å². The number of carbonyl (C=O) groups is 1. The van der Waals surface area contributed by atoms with Gasteiger partial charge in [0.05, 0.1) is 11.4 Å². The number of likely N-dealkylation sites (tertiary alicyclic amines) is 1. The first-order valence-corrected chi connectivity index (χ1v) is 7.46. The molecule has 2 unspecified atom stereocenters. The molecule has 3 rings (SSSR count). The van der Waals surface area contributed by atoms with Crippen molar-refractivity contribution in [2.45, 2.75) is 24.3 Å². The molecule has 0 bridgehead atoms. The van der Waals surface area contributed by atoms with Crippen molar-refractivity contribution >= 4 is 17.7 Å². The van der Waals surface area contributed by atoms with E-state index in [-0.39, 0.29) is 17.3 Å². The summed E-state index contributed by atoms with van der Waals surface area (Å²) >= 11 is 1.79. The highest BCUT2D eigenvalue weighted by molar-refractivity contribution is 7.99. The fraction of sp³-hybridized carbons (Fsp3) is 0.538. The van der Waals surface area contributed by atoms with Crippen LogP contribution in [0.4, 0.5) is 0 Å². The van der Waals surface area contributed by atoms with E-state index in [1.54, 1.807) is 18.0 Å². The van der Waals surface area contributed by atoms with Crippen LogP contribution in [0.15, 0.2) is 24.5 Å². The smallest absolute Gasteiger partial charge is 0.240 e. The van der Waals surface area contributed by atoms with Crippen molar-refractivity contribution in [2.75, 3.05) is 18.8 Å². The van der Waals surface area contributed by atoms with E-state index in [9.17, 15) is 4.79 Å². The molecule has 0 radical (unpaired) electrons. The van der Waals surface area contributed by atoms with Crippen molar-refractivity contribution in [1.82, 2.24) is 15.2 Å².